The molecule has 0 bridgehead atoms. The van der Waals surface area contributed by atoms with E-state index >= 15 is 0 Å². The van der Waals surface area contributed by atoms with Crippen LogP contribution in [0.15, 0.2) is 60.9 Å². The van der Waals surface area contributed by atoms with Crippen LogP contribution in [0, 0.1) is 0 Å². The number of carbonyl (C=O) groups is 1. The number of methoxy groups -OCH3 is 2. The molecule has 0 atom stereocenters. The van der Waals surface area contributed by atoms with Crippen molar-refractivity contribution >= 4 is 11.9 Å². The van der Waals surface area contributed by atoms with Gasteiger partial charge in [-0.25, -0.2) is 9.97 Å². The highest BCUT2D eigenvalue weighted by molar-refractivity contribution is 5.77. The number of rotatable bonds is 14. The molecule has 53 heavy (non-hydrogen) atoms. The highest BCUT2D eigenvalue weighted by atomic mass is 19.4. The first-order chi connectivity index (χ1) is 24.7. The molecular weight excluding hydrogens is 725 g/mol. The van der Waals surface area contributed by atoms with E-state index in [2.05, 4.69) is 9.97 Å². The lowest BCUT2D eigenvalue weighted by molar-refractivity contribution is -0.143. The van der Waals surface area contributed by atoms with Crippen LogP contribution in [-0.2, 0) is 36.4 Å². The first-order valence-electron chi connectivity index (χ1n) is 15.9. The predicted octanol–water partition coefficient (Wildman–Crippen LogP) is 9.79. The molecule has 0 spiro atoms. The number of ether oxygens (including phenoxy) is 3. The fourth-order valence-electron chi connectivity index (χ4n) is 5.39. The van der Waals surface area contributed by atoms with Crippen molar-refractivity contribution in [2.75, 3.05) is 25.7 Å². The van der Waals surface area contributed by atoms with E-state index in [4.69, 9.17) is 19.3 Å². The van der Waals surface area contributed by atoms with E-state index in [9.17, 15) is 44.3 Å². The Kier molecular flexibility index (Phi) is 12.4. The Morgan fingerprint density at radius 3 is 1.89 bits per heavy atom. The number of aromatic nitrogens is 2. The molecule has 1 heterocycles. The third-order valence-electron chi connectivity index (χ3n) is 7.99. The summed E-state index contributed by atoms with van der Waals surface area (Å²) in [4.78, 5) is 20.2. The topological polar surface area (TPSA) is 94.0 Å². The first kappa shape index (κ1) is 40.5. The summed E-state index contributed by atoms with van der Waals surface area (Å²) in [6.07, 6.45) is -13.1. The van der Waals surface area contributed by atoms with Crippen molar-refractivity contribution in [1.29, 1.82) is 0 Å². The van der Waals surface area contributed by atoms with Crippen molar-refractivity contribution in [3.63, 3.8) is 0 Å². The number of anilines is 1. The minimum atomic E-state index is -5.17. The van der Waals surface area contributed by atoms with E-state index in [1.165, 1.54) is 7.11 Å². The summed E-state index contributed by atoms with van der Waals surface area (Å²) in [5.74, 6) is -1.60. The average Bonchev–Trinajstić information content (AvgIpc) is 3.08. The second-order valence-corrected chi connectivity index (χ2v) is 12.2. The molecular formula is C36H34F9N3O5. The summed E-state index contributed by atoms with van der Waals surface area (Å²) in [6, 6.07) is 8.00. The van der Waals surface area contributed by atoms with Gasteiger partial charge in [-0.2, -0.15) is 39.5 Å². The summed E-state index contributed by atoms with van der Waals surface area (Å²) < 4.78 is 142. The molecule has 0 aliphatic carbocycles. The molecule has 1 N–H and O–H groups in total. The van der Waals surface area contributed by atoms with E-state index in [1.807, 2.05) is 13.8 Å². The molecule has 0 saturated heterocycles. The standard InChI is InChI=1S/C36H34F9N3O5/c1-20(2)22-7-8-30(51-3)28(12-22)27-15-31(52-4)29(36(43,44)45)13-23(27)19-48(33-46-16-26(17-47-33)53-9-5-6-32(49)50)18-21-10-24(34(37,38)39)14-25(11-21)35(40,41)42/h7-8,10-17,20H,5-6,9,18-19H2,1-4H3,(H,49,50). The molecule has 4 aromatic rings. The highest BCUT2D eigenvalue weighted by Gasteiger charge is 2.38. The van der Waals surface area contributed by atoms with Crippen LogP contribution in [-0.4, -0.2) is 41.9 Å². The molecule has 1 aromatic heterocycles. The largest absolute Gasteiger partial charge is 0.496 e. The maximum absolute atomic E-state index is 14.4. The van der Waals surface area contributed by atoms with Crippen LogP contribution in [0.5, 0.6) is 17.2 Å². The van der Waals surface area contributed by atoms with E-state index in [-0.39, 0.29) is 60.0 Å². The van der Waals surface area contributed by atoms with Gasteiger partial charge in [-0.15, -0.1) is 0 Å². The monoisotopic (exact) mass is 759 g/mol. The van der Waals surface area contributed by atoms with Crippen LogP contribution in [0.1, 0.15) is 66.0 Å². The molecule has 0 fully saturated rings. The summed E-state index contributed by atoms with van der Waals surface area (Å²) in [7, 11) is 2.40. The van der Waals surface area contributed by atoms with E-state index in [0.29, 0.717) is 17.7 Å². The van der Waals surface area contributed by atoms with Gasteiger partial charge in [0.2, 0.25) is 5.95 Å². The number of alkyl halides is 9. The van der Waals surface area contributed by atoms with Gasteiger partial charge in [0.15, 0.2) is 5.75 Å². The van der Waals surface area contributed by atoms with Gasteiger partial charge in [-0.1, -0.05) is 19.9 Å². The van der Waals surface area contributed by atoms with Gasteiger partial charge in [0.05, 0.1) is 49.9 Å². The van der Waals surface area contributed by atoms with Crippen LogP contribution >= 0.6 is 0 Å². The third kappa shape index (κ3) is 10.4. The van der Waals surface area contributed by atoms with E-state index in [1.54, 1.807) is 18.2 Å². The molecule has 0 saturated carbocycles. The quantitative estimate of drug-likeness (QED) is 0.100. The Hall–Kier alpha value is -5.22. The molecule has 0 aliphatic rings. The number of benzene rings is 3. The van der Waals surface area contributed by atoms with Gasteiger partial charge in [-0.05, 0) is 77.1 Å². The zero-order valence-corrected chi connectivity index (χ0v) is 28.7. The van der Waals surface area contributed by atoms with Gasteiger partial charge < -0.3 is 24.2 Å². The molecule has 4 rings (SSSR count). The minimum Gasteiger partial charge on any atom is -0.496 e. The Labute approximate surface area is 298 Å². The second-order valence-electron chi connectivity index (χ2n) is 12.2. The van der Waals surface area contributed by atoms with Crippen LogP contribution in [0.2, 0.25) is 0 Å². The number of aliphatic carboxylic acids is 1. The number of hydrogen-bond donors (Lipinski definition) is 1. The molecule has 0 radical (unpaired) electrons. The molecule has 17 heteroatoms. The lowest BCUT2D eigenvalue weighted by atomic mass is 9.92. The fraction of sp³-hybridized carbons (Fsp3) is 0.361. The molecule has 286 valence electrons. The minimum absolute atomic E-state index is 0.0297. The first-order valence-corrected chi connectivity index (χ1v) is 15.9. The number of carboxylic acid groups (broad SMARTS) is 1. The van der Waals surface area contributed by atoms with Gasteiger partial charge in [0.1, 0.15) is 11.5 Å². The van der Waals surface area contributed by atoms with Crippen molar-refractivity contribution in [3.8, 4) is 28.4 Å². The van der Waals surface area contributed by atoms with Crippen molar-refractivity contribution in [2.45, 2.75) is 64.2 Å². The number of halogens is 9. The van der Waals surface area contributed by atoms with Gasteiger partial charge in [-0.3, -0.25) is 4.79 Å². The molecule has 0 amide bonds. The van der Waals surface area contributed by atoms with Crippen molar-refractivity contribution in [1.82, 2.24) is 9.97 Å². The number of hydrogen-bond acceptors (Lipinski definition) is 7. The smallest absolute Gasteiger partial charge is 0.419 e. The zero-order valence-electron chi connectivity index (χ0n) is 28.7. The van der Waals surface area contributed by atoms with Gasteiger partial charge in [0, 0.05) is 25.1 Å². The predicted molar refractivity (Wildman–Crippen MR) is 175 cm³/mol. The lowest BCUT2D eigenvalue weighted by Gasteiger charge is -2.27. The number of carboxylic acids is 1. The van der Waals surface area contributed by atoms with Gasteiger partial charge >= 0.3 is 24.5 Å². The fourth-order valence-corrected chi connectivity index (χ4v) is 5.39. The summed E-state index contributed by atoms with van der Waals surface area (Å²) in [5.41, 5.74) is -3.65. The Bertz CT molecular complexity index is 1860. The summed E-state index contributed by atoms with van der Waals surface area (Å²) >= 11 is 0. The highest BCUT2D eigenvalue weighted by Crippen LogP contribution is 2.44. The van der Waals surface area contributed by atoms with Crippen LogP contribution in [0.3, 0.4) is 0 Å². The van der Waals surface area contributed by atoms with Crippen molar-refractivity contribution in [3.05, 3.63) is 94.3 Å². The van der Waals surface area contributed by atoms with Crippen LogP contribution in [0.25, 0.3) is 11.1 Å². The molecule has 0 aliphatic heterocycles. The average molecular weight is 760 g/mol. The Morgan fingerprint density at radius 2 is 1.38 bits per heavy atom. The maximum atomic E-state index is 14.4. The number of nitrogens with zero attached hydrogens (tertiary/aromatic N) is 3. The maximum Gasteiger partial charge on any atom is 0.419 e. The van der Waals surface area contributed by atoms with Crippen molar-refractivity contribution in [2.24, 2.45) is 0 Å². The SMILES string of the molecule is COc1ccc(C(C)C)cc1-c1cc(OC)c(C(F)(F)F)cc1CN(Cc1cc(C(F)(F)F)cc(C(F)(F)F)c1)c1ncc(OCCCC(=O)O)cn1. The summed E-state index contributed by atoms with van der Waals surface area (Å²) in [6.45, 7) is 2.46. The Balaban J connectivity index is 1.93. The molecule has 0 unspecified atom stereocenters. The van der Waals surface area contributed by atoms with Crippen LogP contribution < -0.4 is 19.1 Å². The van der Waals surface area contributed by atoms with E-state index in [0.717, 1.165) is 42.1 Å². The second kappa shape index (κ2) is 16.2. The zero-order chi connectivity index (χ0) is 39.3. The Morgan fingerprint density at radius 1 is 0.774 bits per heavy atom. The molecule has 8 nitrogen and oxygen atoms in total. The van der Waals surface area contributed by atoms with Crippen molar-refractivity contribution < 1.29 is 63.6 Å². The van der Waals surface area contributed by atoms with E-state index < -0.39 is 65.6 Å². The third-order valence-corrected chi connectivity index (χ3v) is 7.99. The summed E-state index contributed by atoms with van der Waals surface area (Å²) in [5, 5.41) is 8.84. The lowest BCUT2D eigenvalue weighted by Crippen LogP contribution is -2.26. The normalized spacial score (nSPS) is 12.2. The van der Waals surface area contributed by atoms with Crippen LogP contribution in [0.4, 0.5) is 45.5 Å². The molecule has 3 aromatic carbocycles. The van der Waals surface area contributed by atoms with Gasteiger partial charge in [0.25, 0.3) is 0 Å².